The fourth-order valence-electron chi connectivity index (χ4n) is 1.95. The normalized spacial score (nSPS) is 12.0. The summed E-state index contributed by atoms with van der Waals surface area (Å²) in [5, 5.41) is 10.2. The molecule has 0 saturated carbocycles. The average molecular weight is 277 g/mol. The number of aliphatic hydroxyl groups excluding tert-OH is 1. The van der Waals surface area contributed by atoms with Gasteiger partial charge < -0.3 is 14.6 Å². The number of benzene rings is 1. The fourth-order valence-corrected chi connectivity index (χ4v) is 1.95. The van der Waals surface area contributed by atoms with Crippen LogP contribution in [0.4, 0.5) is 4.39 Å². The largest absolute Gasteiger partial charge is 0.496 e. The Morgan fingerprint density at radius 3 is 2.60 bits per heavy atom. The summed E-state index contributed by atoms with van der Waals surface area (Å²) in [5.41, 5.74) is 1.24. The lowest BCUT2D eigenvalue weighted by molar-refractivity contribution is 0.173. The maximum Gasteiger partial charge on any atom is 0.212 e. The standard InChI is InChI=1S/C15H16FNO3/c1-19-14-5-4-11(16)8-12(14)13(18)7-10-3-6-15(20-2)17-9-10/h3-6,8-9,13,18H,7H2,1-2H3. The predicted molar refractivity (Wildman–Crippen MR) is 72.4 cm³/mol. The second kappa shape index (κ2) is 6.34. The van der Waals surface area contributed by atoms with Crippen LogP contribution < -0.4 is 9.47 Å². The van der Waals surface area contributed by atoms with E-state index in [1.165, 1.54) is 32.4 Å². The van der Waals surface area contributed by atoms with E-state index in [4.69, 9.17) is 9.47 Å². The fraction of sp³-hybridized carbons (Fsp3) is 0.267. The lowest BCUT2D eigenvalue weighted by Gasteiger charge is -2.15. The number of ether oxygens (including phenoxy) is 2. The van der Waals surface area contributed by atoms with E-state index in [1.54, 1.807) is 18.3 Å². The van der Waals surface area contributed by atoms with Crippen LogP contribution in [0.15, 0.2) is 36.5 Å². The van der Waals surface area contributed by atoms with Crippen molar-refractivity contribution in [3.8, 4) is 11.6 Å². The summed E-state index contributed by atoms with van der Waals surface area (Å²) in [7, 11) is 3.02. The van der Waals surface area contributed by atoms with E-state index in [0.717, 1.165) is 5.56 Å². The summed E-state index contributed by atoms with van der Waals surface area (Å²) in [6.07, 6.45) is 1.07. The molecular formula is C15H16FNO3. The number of rotatable bonds is 5. The first-order valence-electron chi connectivity index (χ1n) is 6.14. The molecule has 0 amide bonds. The van der Waals surface area contributed by atoms with E-state index in [1.807, 2.05) is 0 Å². The highest BCUT2D eigenvalue weighted by Gasteiger charge is 2.15. The number of hydrogen-bond acceptors (Lipinski definition) is 4. The number of aromatic nitrogens is 1. The highest BCUT2D eigenvalue weighted by Crippen LogP contribution is 2.28. The van der Waals surface area contributed by atoms with Crippen LogP contribution in [0.3, 0.4) is 0 Å². The minimum Gasteiger partial charge on any atom is -0.496 e. The van der Waals surface area contributed by atoms with E-state index in [9.17, 15) is 9.50 Å². The molecule has 2 aromatic rings. The molecule has 1 atom stereocenters. The van der Waals surface area contributed by atoms with Gasteiger partial charge in [0, 0.05) is 24.2 Å². The second-order valence-corrected chi connectivity index (χ2v) is 4.32. The maximum atomic E-state index is 13.3. The molecule has 20 heavy (non-hydrogen) atoms. The van der Waals surface area contributed by atoms with Crippen molar-refractivity contribution in [2.75, 3.05) is 14.2 Å². The van der Waals surface area contributed by atoms with Crippen LogP contribution in [-0.4, -0.2) is 24.3 Å². The van der Waals surface area contributed by atoms with Crippen LogP contribution in [0, 0.1) is 5.82 Å². The van der Waals surface area contributed by atoms with Crippen LogP contribution in [0.25, 0.3) is 0 Å². The van der Waals surface area contributed by atoms with Gasteiger partial charge in [0.25, 0.3) is 0 Å². The molecule has 0 fully saturated rings. The molecule has 1 unspecified atom stereocenters. The molecule has 2 rings (SSSR count). The van der Waals surface area contributed by atoms with Crippen molar-refractivity contribution in [3.05, 3.63) is 53.5 Å². The zero-order valence-corrected chi connectivity index (χ0v) is 11.3. The van der Waals surface area contributed by atoms with Crippen LogP contribution in [0.1, 0.15) is 17.2 Å². The number of methoxy groups -OCH3 is 2. The van der Waals surface area contributed by atoms with Crippen molar-refractivity contribution < 1.29 is 19.0 Å². The summed E-state index contributed by atoms with van der Waals surface area (Å²) >= 11 is 0. The Labute approximate surface area is 116 Å². The summed E-state index contributed by atoms with van der Waals surface area (Å²) in [6, 6.07) is 7.59. The van der Waals surface area contributed by atoms with E-state index in [-0.39, 0.29) is 0 Å². The molecule has 0 radical (unpaired) electrons. The van der Waals surface area contributed by atoms with Gasteiger partial charge in [0.1, 0.15) is 11.6 Å². The number of halogens is 1. The molecule has 0 aliphatic heterocycles. The van der Waals surface area contributed by atoms with Gasteiger partial charge in [-0.3, -0.25) is 0 Å². The van der Waals surface area contributed by atoms with Crippen molar-refractivity contribution in [1.82, 2.24) is 4.98 Å². The highest BCUT2D eigenvalue weighted by atomic mass is 19.1. The molecule has 1 aromatic heterocycles. The molecule has 0 bridgehead atoms. The van der Waals surface area contributed by atoms with Crippen molar-refractivity contribution in [1.29, 1.82) is 0 Å². The molecule has 1 aromatic carbocycles. The Kier molecular flexibility index (Phi) is 4.53. The van der Waals surface area contributed by atoms with Gasteiger partial charge >= 0.3 is 0 Å². The minimum atomic E-state index is -0.865. The van der Waals surface area contributed by atoms with E-state index < -0.39 is 11.9 Å². The SMILES string of the molecule is COc1ccc(CC(O)c2cc(F)ccc2OC)cn1. The van der Waals surface area contributed by atoms with E-state index >= 15 is 0 Å². The van der Waals surface area contributed by atoms with Gasteiger partial charge in [-0.25, -0.2) is 9.37 Å². The van der Waals surface area contributed by atoms with Gasteiger partial charge in [0.15, 0.2) is 0 Å². The first-order chi connectivity index (χ1) is 9.63. The van der Waals surface area contributed by atoms with Crippen molar-refractivity contribution >= 4 is 0 Å². The lowest BCUT2D eigenvalue weighted by atomic mass is 10.0. The third-order valence-corrected chi connectivity index (χ3v) is 2.99. The summed E-state index contributed by atoms with van der Waals surface area (Å²) in [6.45, 7) is 0. The van der Waals surface area contributed by atoms with Gasteiger partial charge in [-0.2, -0.15) is 0 Å². The van der Waals surface area contributed by atoms with Gasteiger partial charge in [-0.1, -0.05) is 6.07 Å². The Morgan fingerprint density at radius 2 is 2.00 bits per heavy atom. The first-order valence-corrected chi connectivity index (χ1v) is 6.14. The van der Waals surface area contributed by atoms with Crippen LogP contribution in [0.2, 0.25) is 0 Å². The van der Waals surface area contributed by atoms with E-state index in [0.29, 0.717) is 23.6 Å². The molecular weight excluding hydrogens is 261 g/mol. The zero-order valence-electron chi connectivity index (χ0n) is 11.3. The quantitative estimate of drug-likeness (QED) is 0.912. The zero-order chi connectivity index (χ0) is 14.5. The number of hydrogen-bond donors (Lipinski definition) is 1. The Hall–Kier alpha value is -2.14. The Morgan fingerprint density at radius 1 is 1.20 bits per heavy atom. The monoisotopic (exact) mass is 277 g/mol. The van der Waals surface area contributed by atoms with Gasteiger partial charge in [-0.15, -0.1) is 0 Å². The molecule has 0 aliphatic rings. The lowest BCUT2D eigenvalue weighted by Crippen LogP contribution is -2.05. The van der Waals surface area contributed by atoms with Gasteiger partial charge in [-0.05, 0) is 23.8 Å². The molecule has 0 saturated heterocycles. The topological polar surface area (TPSA) is 51.6 Å². The molecule has 106 valence electrons. The Bertz CT molecular complexity index is 572. The predicted octanol–water partition coefficient (Wildman–Crippen LogP) is 2.51. The number of pyridine rings is 1. The molecule has 4 nitrogen and oxygen atoms in total. The van der Waals surface area contributed by atoms with Gasteiger partial charge in [0.2, 0.25) is 5.88 Å². The van der Waals surface area contributed by atoms with E-state index in [2.05, 4.69) is 4.98 Å². The summed E-state index contributed by atoms with van der Waals surface area (Å²) < 4.78 is 23.4. The summed E-state index contributed by atoms with van der Waals surface area (Å²) in [4.78, 5) is 4.07. The van der Waals surface area contributed by atoms with Gasteiger partial charge in [0.05, 0.1) is 20.3 Å². The number of aliphatic hydroxyl groups is 1. The van der Waals surface area contributed by atoms with Crippen LogP contribution >= 0.6 is 0 Å². The molecule has 0 aliphatic carbocycles. The number of nitrogens with zero attached hydrogens (tertiary/aromatic N) is 1. The molecule has 0 spiro atoms. The molecule has 5 heteroatoms. The van der Waals surface area contributed by atoms with Crippen LogP contribution in [-0.2, 0) is 6.42 Å². The minimum absolute atomic E-state index is 0.316. The summed E-state index contributed by atoms with van der Waals surface area (Å²) in [5.74, 6) is 0.555. The highest BCUT2D eigenvalue weighted by molar-refractivity contribution is 5.36. The van der Waals surface area contributed by atoms with Crippen molar-refractivity contribution in [3.63, 3.8) is 0 Å². The Balaban J connectivity index is 2.18. The average Bonchev–Trinajstić information content (AvgIpc) is 2.48. The molecule has 1 heterocycles. The second-order valence-electron chi connectivity index (χ2n) is 4.32. The van der Waals surface area contributed by atoms with Crippen molar-refractivity contribution in [2.45, 2.75) is 12.5 Å². The third kappa shape index (κ3) is 3.24. The van der Waals surface area contributed by atoms with Crippen molar-refractivity contribution in [2.24, 2.45) is 0 Å². The third-order valence-electron chi connectivity index (χ3n) is 2.99. The molecule has 1 N–H and O–H groups in total. The van der Waals surface area contributed by atoms with Crippen LogP contribution in [0.5, 0.6) is 11.6 Å². The smallest absolute Gasteiger partial charge is 0.212 e. The maximum absolute atomic E-state index is 13.3. The first kappa shape index (κ1) is 14.3.